The van der Waals surface area contributed by atoms with Crippen molar-refractivity contribution in [2.75, 3.05) is 0 Å². The average molecular weight is 162 g/mol. The summed E-state index contributed by atoms with van der Waals surface area (Å²) in [7, 11) is 1.99. The molecule has 0 radical (unpaired) electrons. The van der Waals surface area contributed by atoms with Gasteiger partial charge in [0, 0.05) is 19.4 Å². The minimum Gasteiger partial charge on any atom is -0.336 e. The van der Waals surface area contributed by atoms with Gasteiger partial charge in [-0.1, -0.05) is 19.6 Å². The smallest absolute Gasteiger partial charge is 0.132 e. The summed E-state index contributed by atoms with van der Waals surface area (Å²) in [5.74, 6) is 0. The normalized spacial score (nSPS) is 11.7. The third-order valence-corrected chi connectivity index (χ3v) is 1.80. The molecule has 0 spiro atoms. The lowest BCUT2D eigenvalue weighted by Gasteiger charge is -2.01. The van der Waals surface area contributed by atoms with Crippen LogP contribution in [0.4, 0.5) is 0 Å². The van der Waals surface area contributed by atoms with Gasteiger partial charge in [0.15, 0.2) is 0 Å². The molecule has 0 amide bonds. The van der Waals surface area contributed by atoms with Gasteiger partial charge < -0.3 is 4.57 Å². The van der Waals surface area contributed by atoms with Gasteiger partial charge in [-0.05, 0) is 18.1 Å². The van der Waals surface area contributed by atoms with Crippen LogP contribution in [0, 0.1) is 0 Å². The topological polar surface area (TPSA) is 17.3 Å². The van der Waals surface area contributed by atoms with Gasteiger partial charge in [-0.25, -0.2) is 4.99 Å². The molecule has 2 heteroatoms. The van der Waals surface area contributed by atoms with E-state index in [0.717, 1.165) is 11.9 Å². The molecule has 1 aromatic heterocycles. The summed E-state index contributed by atoms with van der Waals surface area (Å²) in [6.45, 7) is 5.70. The van der Waals surface area contributed by atoms with Crippen molar-refractivity contribution in [1.82, 2.24) is 4.57 Å². The monoisotopic (exact) mass is 162 g/mol. The first kappa shape index (κ1) is 8.78. The van der Waals surface area contributed by atoms with Crippen LogP contribution in [-0.2, 0) is 13.5 Å². The Hall–Kier alpha value is -1.31. The molecule has 1 aromatic rings. The summed E-state index contributed by atoms with van der Waals surface area (Å²) < 4.78 is 2.00. The molecule has 0 bridgehead atoms. The largest absolute Gasteiger partial charge is 0.336 e. The predicted octanol–water partition coefficient (Wildman–Crippen LogP) is 1.63. The molecule has 1 heterocycles. The number of aromatic nitrogens is 1. The minimum atomic E-state index is 0.933. The van der Waals surface area contributed by atoms with E-state index < -0.39 is 0 Å². The molecule has 0 aliphatic carbocycles. The summed E-state index contributed by atoms with van der Waals surface area (Å²) in [5, 5.41) is 0. The van der Waals surface area contributed by atoms with Crippen molar-refractivity contribution in [2.24, 2.45) is 12.0 Å². The standard InChI is InChI=1S/C10H14N2/c1-4-9-6-7-10(11-5-2)12(3)8-9/h5-8H,2,4H2,1,3H3/b11-10-. The number of pyridine rings is 1. The molecular formula is C10H14N2. The highest BCUT2D eigenvalue weighted by Gasteiger charge is 1.89. The van der Waals surface area contributed by atoms with Crippen molar-refractivity contribution < 1.29 is 0 Å². The lowest BCUT2D eigenvalue weighted by molar-refractivity contribution is 0.818. The fourth-order valence-corrected chi connectivity index (χ4v) is 1.09. The predicted molar refractivity (Wildman–Crippen MR) is 50.6 cm³/mol. The molecule has 0 N–H and O–H groups in total. The lowest BCUT2D eigenvalue weighted by Crippen LogP contribution is -2.16. The summed E-state index contributed by atoms with van der Waals surface area (Å²) >= 11 is 0. The second-order valence-electron chi connectivity index (χ2n) is 2.67. The molecule has 12 heavy (non-hydrogen) atoms. The summed E-state index contributed by atoms with van der Waals surface area (Å²) in [6.07, 6.45) is 4.70. The molecule has 0 fully saturated rings. The van der Waals surface area contributed by atoms with Crippen LogP contribution in [0.3, 0.4) is 0 Å². The van der Waals surface area contributed by atoms with Crippen LogP contribution in [-0.4, -0.2) is 4.57 Å². The molecule has 0 unspecified atom stereocenters. The van der Waals surface area contributed by atoms with E-state index in [4.69, 9.17) is 0 Å². The van der Waals surface area contributed by atoms with Gasteiger partial charge in [-0.2, -0.15) is 0 Å². The van der Waals surface area contributed by atoms with Gasteiger partial charge in [0.1, 0.15) is 5.49 Å². The Balaban J connectivity index is 3.20. The molecule has 64 valence electrons. The van der Waals surface area contributed by atoms with E-state index in [0.29, 0.717) is 0 Å². The molecule has 0 atom stereocenters. The van der Waals surface area contributed by atoms with Gasteiger partial charge in [-0.3, -0.25) is 0 Å². The van der Waals surface area contributed by atoms with Gasteiger partial charge in [-0.15, -0.1) is 0 Å². The summed E-state index contributed by atoms with van der Waals surface area (Å²) in [5.41, 5.74) is 2.25. The Morgan fingerprint density at radius 1 is 1.58 bits per heavy atom. The minimum absolute atomic E-state index is 0.933. The van der Waals surface area contributed by atoms with E-state index in [-0.39, 0.29) is 0 Å². The van der Waals surface area contributed by atoms with Crippen LogP contribution < -0.4 is 5.49 Å². The molecule has 0 aliphatic heterocycles. The third kappa shape index (κ3) is 1.84. The molecule has 2 nitrogen and oxygen atoms in total. The van der Waals surface area contributed by atoms with E-state index in [2.05, 4.69) is 30.8 Å². The Morgan fingerprint density at radius 3 is 2.83 bits per heavy atom. The number of hydrogen-bond acceptors (Lipinski definition) is 1. The summed E-state index contributed by atoms with van der Waals surface area (Å²) in [4.78, 5) is 4.11. The molecular weight excluding hydrogens is 148 g/mol. The van der Waals surface area contributed by atoms with Gasteiger partial charge in [0.2, 0.25) is 0 Å². The van der Waals surface area contributed by atoms with Crippen molar-refractivity contribution in [3.63, 3.8) is 0 Å². The molecule has 0 aliphatic rings. The van der Waals surface area contributed by atoms with Crippen LogP contribution in [0.2, 0.25) is 0 Å². The van der Waals surface area contributed by atoms with Crippen molar-refractivity contribution in [1.29, 1.82) is 0 Å². The second-order valence-corrected chi connectivity index (χ2v) is 2.67. The van der Waals surface area contributed by atoms with E-state index in [9.17, 15) is 0 Å². The molecule has 0 saturated heterocycles. The Morgan fingerprint density at radius 2 is 2.33 bits per heavy atom. The maximum Gasteiger partial charge on any atom is 0.132 e. The SMILES string of the molecule is C=C/N=c1/ccc(CC)cn1C. The Kier molecular flexibility index (Phi) is 2.86. The summed E-state index contributed by atoms with van der Waals surface area (Å²) in [6, 6.07) is 4.09. The fraction of sp³-hybridized carbons (Fsp3) is 0.300. The number of rotatable bonds is 2. The van der Waals surface area contributed by atoms with Crippen LogP contribution in [0.15, 0.2) is 36.1 Å². The Labute approximate surface area is 72.9 Å². The van der Waals surface area contributed by atoms with Crippen molar-refractivity contribution >= 4 is 0 Å². The van der Waals surface area contributed by atoms with Crippen LogP contribution in [0.25, 0.3) is 0 Å². The Bertz CT molecular complexity index is 334. The number of nitrogens with zero attached hydrogens (tertiary/aromatic N) is 2. The van der Waals surface area contributed by atoms with Crippen molar-refractivity contribution in [3.05, 3.63) is 42.2 Å². The molecule has 0 saturated carbocycles. The maximum atomic E-state index is 4.11. The first-order valence-electron chi connectivity index (χ1n) is 4.08. The zero-order valence-electron chi connectivity index (χ0n) is 7.62. The van der Waals surface area contributed by atoms with Crippen LogP contribution in [0.1, 0.15) is 12.5 Å². The molecule has 1 rings (SSSR count). The van der Waals surface area contributed by atoms with E-state index in [1.165, 1.54) is 5.56 Å². The highest BCUT2D eigenvalue weighted by molar-refractivity contribution is 5.09. The first-order valence-corrected chi connectivity index (χ1v) is 4.08. The number of hydrogen-bond donors (Lipinski definition) is 0. The van der Waals surface area contributed by atoms with E-state index in [1.807, 2.05) is 17.7 Å². The lowest BCUT2D eigenvalue weighted by atomic mass is 10.2. The third-order valence-electron chi connectivity index (χ3n) is 1.80. The zero-order valence-corrected chi connectivity index (χ0v) is 7.62. The van der Waals surface area contributed by atoms with Crippen molar-refractivity contribution in [2.45, 2.75) is 13.3 Å². The number of aryl methyl sites for hydroxylation is 2. The van der Waals surface area contributed by atoms with Gasteiger partial charge >= 0.3 is 0 Å². The van der Waals surface area contributed by atoms with Crippen molar-refractivity contribution in [3.8, 4) is 0 Å². The van der Waals surface area contributed by atoms with Gasteiger partial charge in [0.25, 0.3) is 0 Å². The molecule has 0 aromatic carbocycles. The van der Waals surface area contributed by atoms with Gasteiger partial charge in [0.05, 0.1) is 0 Å². The average Bonchev–Trinajstić information content (AvgIpc) is 2.09. The fourth-order valence-electron chi connectivity index (χ4n) is 1.09. The first-order chi connectivity index (χ1) is 5.77. The highest BCUT2D eigenvalue weighted by atomic mass is 15.0. The van der Waals surface area contributed by atoms with E-state index in [1.54, 1.807) is 6.20 Å². The maximum absolute atomic E-state index is 4.11. The highest BCUT2D eigenvalue weighted by Crippen LogP contribution is 1.94. The second kappa shape index (κ2) is 3.90. The van der Waals surface area contributed by atoms with Crippen LogP contribution >= 0.6 is 0 Å². The zero-order chi connectivity index (χ0) is 8.97. The quantitative estimate of drug-likeness (QED) is 0.629. The van der Waals surface area contributed by atoms with E-state index >= 15 is 0 Å². The van der Waals surface area contributed by atoms with Crippen LogP contribution in [0.5, 0.6) is 0 Å².